The van der Waals surface area contributed by atoms with Crippen LogP contribution in [0.3, 0.4) is 0 Å². The molecule has 1 unspecified atom stereocenters. The molecule has 0 fully saturated rings. The predicted molar refractivity (Wildman–Crippen MR) is 65.1 cm³/mol. The van der Waals surface area contributed by atoms with E-state index < -0.39 is 12.1 Å². The topological polar surface area (TPSA) is 72.8 Å². The van der Waals surface area contributed by atoms with E-state index in [1.165, 1.54) is 7.11 Å². The molecular weight excluding hydrogens is 248 g/mol. The number of fused-ring (bicyclic) bond motifs is 2. The Morgan fingerprint density at radius 1 is 1.37 bits per heavy atom. The van der Waals surface area contributed by atoms with Crippen molar-refractivity contribution < 1.29 is 24.2 Å². The summed E-state index contributed by atoms with van der Waals surface area (Å²) in [5.74, 6) is 0.218. The molecule has 1 N–H and O–H groups in total. The fourth-order valence-electron chi connectivity index (χ4n) is 3.26. The Kier molecular flexibility index (Phi) is 2.66. The quantitative estimate of drug-likeness (QED) is 0.729. The third-order valence-electron chi connectivity index (χ3n) is 4.11. The number of carbonyl (C=O) groups excluding carboxylic acids is 2. The summed E-state index contributed by atoms with van der Waals surface area (Å²) in [7, 11) is 1.27. The van der Waals surface area contributed by atoms with Crippen LogP contribution in [0, 0.1) is 11.8 Å². The van der Waals surface area contributed by atoms with Crippen molar-refractivity contribution in [1.82, 2.24) is 0 Å². The molecule has 0 aromatic carbocycles. The Hall–Kier alpha value is -1.78. The lowest BCUT2D eigenvalue weighted by Crippen LogP contribution is -2.21. The second kappa shape index (κ2) is 4.11. The van der Waals surface area contributed by atoms with E-state index in [1.807, 2.05) is 6.92 Å². The first-order valence-corrected chi connectivity index (χ1v) is 6.46. The number of allylic oxidation sites excluding steroid dienone is 1. The van der Waals surface area contributed by atoms with Crippen molar-refractivity contribution in [3.8, 4) is 0 Å². The van der Waals surface area contributed by atoms with Crippen molar-refractivity contribution in [3.05, 3.63) is 22.7 Å². The van der Waals surface area contributed by atoms with Crippen molar-refractivity contribution >= 4 is 11.8 Å². The van der Waals surface area contributed by atoms with E-state index in [2.05, 4.69) is 4.74 Å². The van der Waals surface area contributed by atoms with Gasteiger partial charge in [-0.15, -0.1) is 0 Å². The molecule has 0 saturated heterocycles. The van der Waals surface area contributed by atoms with Crippen LogP contribution in [0.4, 0.5) is 0 Å². The number of hydrogen-bond donors (Lipinski definition) is 1. The maximum Gasteiger partial charge on any atom is 0.337 e. The van der Waals surface area contributed by atoms with Crippen LogP contribution in [-0.4, -0.2) is 30.1 Å². The van der Waals surface area contributed by atoms with Crippen LogP contribution in [0.5, 0.6) is 0 Å². The van der Waals surface area contributed by atoms with Crippen LogP contribution >= 0.6 is 0 Å². The monoisotopic (exact) mass is 264 g/mol. The zero-order valence-electron chi connectivity index (χ0n) is 10.9. The molecule has 0 radical (unpaired) electrons. The molecule has 1 aliphatic heterocycles. The summed E-state index contributed by atoms with van der Waals surface area (Å²) in [6.45, 7) is 2.01. The predicted octanol–water partition coefficient (Wildman–Crippen LogP) is 1.64. The first-order chi connectivity index (χ1) is 9.02. The Balaban J connectivity index is 1.91. The molecule has 102 valence electrons. The fraction of sp³-hybridized carbons (Fsp3) is 0.571. The fourth-order valence-corrected chi connectivity index (χ4v) is 3.26. The van der Waals surface area contributed by atoms with Gasteiger partial charge in [0.2, 0.25) is 0 Å². The van der Waals surface area contributed by atoms with Crippen LogP contribution < -0.4 is 0 Å². The summed E-state index contributed by atoms with van der Waals surface area (Å²) in [6, 6.07) is 0. The number of esters is 1. The van der Waals surface area contributed by atoms with Gasteiger partial charge in [0.15, 0.2) is 11.9 Å². The number of rotatable bonds is 1. The molecule has 0 saturated carbocycles. The maximum absolute atomic E-state index is 12.1. The maximum atomic E-state index is 12.1. The summed E-state index contributed by atoms with van der Waals surface area (Å²) in [5, 5.41) is 10.1. The van der Waals surface area contributed by atoms with Gasteiger partial charge in [0.1, 0.15) is 11.5 Å². The van der Waals surface area contributed by atoms with Gasteiger partial charge in [0.25, 0.3) is 0 Å². The van der Waals surface area contributed by atoms with Gasteiger partial charge >= 0.3 is 5.97 Å². The molecule has 0 aromatic rings. The van der Waals surface area contributed by atoms with Crippen LogP contribution in [0.15, 0.2) is 22.7 Å². The number of ether oxygens (including phenoxy) is 2. The normalized spacial score (nSPS) is 33.2. The molecule has 5 heteroatoms. The van der Waals surface area contributed by atoms with Crippen molar-refractivity contribution in [2.45, 2.75) is 32.3 Å². The molecule has 1 heterocycles. The molecule has 19 heavy (non-hydrogen) atoms. The lowest BCUT2D eigenvalue weighted by molar-refractivity contribution is -0.136. The molecule has 3 atom stereocenters. The van der Waals surface area contributed by atoms with Gasteiger partial charge in [0.05, 0.1) is 12.7 Å². The summed E-state index contributed by atoms with van der Waals surface area (Å²) in [5.41, 5.74) is 0.907. The van der Waals surface area contributed by atoms with Crippen molar-refractivity contribution in [1.29, 1.82) is 0 Å². The zero-order valence-corrected chi connectivity index (χ0v) is 10.9. The number of hydrogen-bond acceptors (Lipinski definition) is 5. The number of carbonyl (C=O) groups is 2. The van der Waals surface area contributed by atoms with Crippen LogP contribution in [-0.2, 0) is 19.1 Å². The summed E-state index contributed by atoms with van der Waals surface area (Å²) >= 11 is 0. The Morgan fingerprint density at radius 3 is 2.79 bits per heavy atom. The molecule has 0 aromatic heterocycles. The zero-order chi connectivity index (χ0) is 13.7. The highest BCUT2D eigenvalue weighted by atomic mass is 16.5. The van der Waals surface area contributed by atoms with E-state index in [9.17, 15) is 14.7 Å². The van der Waals surface area contributed by atoms with E-state index >= 15 is 0 Å². The third-order valence-corrected chi connectivity index (χ3v) is 4.11. The minimum Gasteiger partial charge on any atom is -0.508 e. The number of aliphatic hydroxyl groups excluding tert-OH is 1. The lowest BCUT2D eigenvalue weighted by atomic mass is 9.82. The number of ketones is 1. The molecule has 0 spiro atoms. The van der Waals surface area contributed by atoms with Gasteiger partial charge in [-0.2, -0.15) is 0 Å². The van der Waals surface area contributed by atoms with E-state index in [1.54, 1.807) is 0 Å². The van der Waals surface area contributed by atoms with Crippen LogP contribution in [0.1, 0.15) is 26.2 Å². The Bertz CT molecular complexity index is 528. The first kappa shape index (κ1) is 12.3. The highest BCUT2D eigenvalue weighted by molar-refractivity contribution is 5.99. The van der Waals surface area contributed by atoms with Gasteiger partial charge in [-0.1, -0.05) is 6.92 Å². The summed E-state index contributed by atoms with van der Waals surface area (Å²) in [6.07, 6.45) is 0.991. The Morgan fingerprint density at radius 2 is 2.11 bits per heavy atom. The summed E-state index contributed by atoms with van der Waals surface area (Å²) < 4.78 is 10.3. The highest BCUT2D eigenvalue weighted by Gasteiger charge is 2.50. The standard InChI is InChI=1S/C14H16O5/c1-6-3-9(15)11-7-5-8(14(17)18-2)12(16)13(7)19-10(11)4-6/h6-7,13,16H,3-5H2,1-2H3/t6?,7-,13+/m0/s1. The third kappa shape index (κ3) is 1.68. The smallest absolute Gasteiger partial charge is 0.337 e. The minimum atomic E-state index is -0.576. The lowest BCUT2D eigenvalue weighted by Gasteiger charge is -2.19. The number of methoxy groups -OCH3 is 1. The second-order valence-electron chi connectivity index (χ2n) is 5.48. The van der Waals surface area contributed by atoms with E-state index in [-0.39, 0.29) is 29.0 Å². The van der Waals surface area contributed by atoms with E-state index in [4.69, 9.17) is 4.74 Å². The molecule has 3 rings (SSSR count). The molecule has 2 aliphatic carbocycles. The van der Waals surface area contributed by atoms with Gasteiger partial charge in [0, 0.05) is 24.3 Å². The van der Waals surface area contributed by atoms with Crippen molar-refractivity contribution in [2.75, 3.05) is 7.11 Å². The van der Waals surface area contributed by atoms with E-state index in [0.717, 1.165) is 6.42 Å². The van der Waals surface area contributed by atoms with Crippen molar-refractivity contribution in [2.24, 2.45) is 11.8 Å². The van der Waals surface area contributed by atoms with Gasteiger partial charge in [-0.3, -0.25) is 4.79 Å². The SMILES string of the molecule is COC(=O)C1=C(O)[C@@H]2OC3=C(C(=O)CC(C)C3)[C@@H]2C1. The second-order valence-corrected chi connectivity index (χ2v) is 5.48. The summed E-state index contributed by atoms with van der Waals surface area (Å²) in [4.78, 5) is 23.7. The van der Waals surface area contributed by atoms with Gasteiger partial charge in [-0.05, 0) is 12.3 Å². The van der Waals surface area contributed by atoms with Gasteiger partial charge < -0.3 is 14.6 Å². The molecule has 0 bridgehead atoms. The molecule has 5 nitrogen and oxygen atoms in total. The van der Waals surface area contributed by atoms with Gasteiger partial charge in [-0.25, -0.2) is 4.79 Å². The largest absolute Gasteiger partial charge is 0.508 e. The highest BCUT2D eigenvalue weighted by Crippen LogP contribution is 2.48. The van der Waals surface area contributed by atoms with Crippen LogP contribution in [0.2, 0.25) is 0 Å². The average Bonchev–Trinajstić information content (AvgIpc) is 2.85. The Labute approximate surface area is 110 Å². The van der Waals surface area contributed by atoms with Crippen LogP contribution in [0.25, 0.3) is 0 Å². The van der Waals surface area contributed by atoms with E-state index in [0.29, 0.717) is 24.2 Å². The first-order valence-electron chi connectivity index (χ1n) is 6.46. The molecule has 0 amide bonds. The number of Topliss-reactive ketones (excluding diaryl/α,β-unsaturated/α-hetero) is 1. The molecule has 3 aliphatic rings. The number of aliphatic hydroxyl groups is 1. The average molecular weight is 264 g/mol. The minimum absolute atomic E-state index is 0.0771. The van der Waals surface area contributed by atoms with Crippen molar-refractivity contribution in [3.63, 3.8) is 0 Å². The molecular formula is C14H16O5.